The lowest BCUT2D eigenvalue weighted by atomic mass is 9.99. The van der Waals surface area contributed by atoms with E-state index in [0.29, 0.717) is 12.5 Å². The van der Waals surface area contributed by atoms with Crippen LogP contribution in [0.3, 0.4) is 0 Å². The van der Waals surface area contributed by atoms with Gasteiger partial charge in [-0.2, -0.15) is 5.26 Å². The molecule has 0 fully saturated rings. The van der Waals surface area contributed by atoms with Gasteiger partial charge in [-0.1, -0.05) is 0 Å². The van der Waals surface area contributed by atoms with Crippen molar-refractivity contribution in [1.82, 2.24) is 5.32 Å². The summed E-state index contributed by atoms with van der Waals surface area (Å²) >= 11 is 1.96. The number of rotatable bonds is 4. The van der Waals surface area contributed by atoms with Crippen LogP contribution in [0.2, 0.25) is 0 Å². The van der Waals surface area contributed by atoms with Crippen LogP contribution in [0.25, 0.3) is 0 Å². The summed E-state index contributed by atoms with van der Waals surface area (Å²) in [5, 5.41) is 11.9. The third-order valence-corrected chi connectivity index (χ3v) is 4.55. The van der Waals surface area contributed by atoms with Gasteiger partial charge in [-0.25, -0.2) is 0 Å². The summed E-state index contributed by atoms with van der Waals surface area (Å²) in [6.07, 6.45) is 5.82. The number of fused-ring (bicyclic) bond motifs is 1. The summed E-state index contributed by atoms with van der Waals surface area (Å²) in [6, 6.07) is 4.92. The quantitative estimate of drug-likeness (QED) is 0.812. The van der Waals surface area contributed by atoms with Crippen molar-refractivity contribution in [2.24, 2.45) is 0 Å². The summed E-state index contributed by atoms with van der Waals surface area (Å²) in [7, 11) is 0. The molecule has 0 spiro atoms. The molecule has 1 N–H and O–H groups in total. The zero-order chi connectivity index (χ0) is 11.4. The number of aryl methyl sites for hydroxylation is 2. The van der Waals surface area contributed by atoms with Crippen LogP contribution in [0.15, 0.2) is 6.07 Å². The number of nitrogens with zero attached hydrogens (tertiary/aromatic N) is 1. The van der Waals surface area contributed by atoms with Crippen LogP contribution < -0.4 is 5.32 Å². The lowest BCUT2D eigenvalue weighted by Crippen LogP contribution is -2.18. The molecule has 1 aliphatic rings. The zero-order valence-corrected chi connectivity index (χ0v) is 10.6. The first-order valence-corrected chi connectivity index (χ1v) is 6.84. The van der Waals surface area contributed by atoms with Gasteiger partial charge in [0.15, 0.2) is 0 Å². The van der Waals surface area contributed by atoms with E-state index in [9.17, 15) is 0 Å². The van der Waals surface area contributed by atoms with Crippen molar-refractivity contribution in [3.63, 3.8) is 0 Å². The van der Waals surface area contributed by atoms with E-state index in [1.54, 1.807) is 10.4 Å². The lowest BCUT2D eigenvalue weighted by molar-refractivity contribution is 0.591. The van der Waals surface area contributed by atoms with E-state index >= 15 is 0 Å². The van der Waals surface area contributed by atoms with E-state index < -0.39 is 0 Å². The molecule has 1 aromatic rings. The number of nitriles is 1. The summed E-state index contributed by atoms with van der Waals surface area (Å²) in [6.45, 7) is 2.98. The third kappa shape index (κ3) is 2.63. The molecule has 0 saturated carbocycles. The normalized spacial score (nSPS) is 16.5. The molecule has 1 heterocycles. The number of nitrogens with one attached hydrogen (secondary N) is 1. The van der Waals surface area contributed by atoms with Crippen LogP contribution in [0, 0.1) is 11.3 Å². The van der Waals surface area contributed by atoms with Crippen LogP contribution in [0.1, 0.15) is 47.5 Å². The third-order valence-electron chi connectivity index (χ3n) is 3.13. The molecule has 0 radical (unpaired) electrons. The molecule has 16 heavy (non-hydrogen) atoms. The fraction of sp³-hybridized carbons (Fsp3) is 0.615. The minimum atomic E-state index is 0.393. The summed E-state index contributed by atoms with van der Waals surface area (Å²) in [4.78, 5) is 3.03. The molecular formula is C13H18N2S. The SMILES string of the molecule is CC(NCCC#N)c1cc2c(s1)CCCC2. The van der Waals surface area contributed by atoms with E-state index in [4.69, 9.17) is 5.26 Å². The van der Waals surface area contributed by atoms with Gasteiger partial charge >= 0.3 is 0 Å². The van der Waals surface area contributed by atoms with Crippen LogP contribution in [0.4, 0.5) is 0 Å². The molecule has 3 heteroatoms. The van der Waals surface area contributed by atoms with Crippen molar-refractivity contribution >= 4 is 11.3 Å². The zero-order valence-electron chi connectivity index (χ0n) is 9.75. The van der Waals surface area contributed by atoms with Crippen molar-refractivity contribution in [3.8, 4) is 6.07 Å². The van der Waals surface area contributed by atoms with Gasteiger partial charge in [-0.3, -0.25) is 0 Å². The first-order chi connectivity index (χ1) is 7.81. The number of thiophene rings is 1. The Bertz CT molecular complexity index is 366. The Morgan fingerprint density at radius 1 is 1.50 bits per heavy atom. The van der Waals surface area contributed by atoms with Gasteiger partial charge in [0.25, 0.3) is 0 Å². The van der Waals surface area contributed by atoms with Crippen molar-refractivity contribution in [2.75, 3.05) is 6.54 Å². The Hall–Kier alpha value is -0.850. The predicted molar refractivity (Wildman–Crippen MR) is 67.6 cm³/mol. The number of hydrogen-bond donors (Lipinski definition) is 1. The van der Waals surface area contributed by atoms with Crippen LogP contribution in [0.5, 0.6) is 0 Å². The van der Waals surface area contributed by atoms with Crippen LogP contribution in [-0.2, 0) is 12.8 Å². The highest BCUT2D eigenvalue weighted by molar-refractivity contribution is 7.12. The van der Waals surface area contributed by atoms with Gasteiger partial charge in [-0.15, -0.1) is 11.3 Å². The highest BCUT2D eigenvalue weighted by atomic mass is 32.1. The van der Waals surface area contributed by atoms with Crippen LogP contribution >= 0.6 is 11.3 Å². The smallest absolute Gasteiger partial charge is 0.0635 e. The first-order valence-electron chi connectivity index (χ1n) is 6.03. The maximum Gasteiger partial charge on any atom is 0.0635 e. The summed E-state index contributed by atoms with van der Waals surface area (Å²) in [5.74, 6) is 0. The van der Waals surface area contributed by atoms with Gasteiger partial charge in [0.2, 0.25) is 0 Å². The van der Waals surface area contributed by atoms with Crippen molar-refractivity contribution in [3.05, 3.63) is 21.4 Å². The molecule has 86 valence electrons. The van der Waals surface area contributed by atoms with Gasteiger partial charge < -0.3 is 5.32 Å². The Morgan fingerprint density at radius 2 is 2.31 bits per heavy atom. The summed E-state index contributed by atoms with van der Waals surface area (Å²) in [5.41, 5.74) is 1.57. The topological polar surface area (TPSA) is 35.8 Å². The van der Waals surface area contributed by atoms with E-state index in [1.807, 2.05) is 11.3 Å². The minimum Gasteiger partial charge on any atom is -0.308 e. The van der Waals surface area contributed by atoms with Gasteiger partial charge in [0.05, 0.1) is 6.07 Å². The maximum absolute atomic E-state index is 8.49. The second kappa shape index (κ2) is 5.47. The van der Waals surface area contributed by atoms with E-state index in [0.717, 1.165) is 6.54 Å². The molecule has 2 nitrogen and oxygen atoms in total. The molecule has 1 aliphatic carbocycles. The molecule has 2 rings (SSSR count). The van der Waals surface area contributed by atoms with Crippen molar-refractivity contribution in [1.29, 1.82) is 5.26 Å². The summed E-state index contributed by atoms with van der Waals surface area (Å²) < 4.78 is 0. The Kier molecular flexibility index (Phi) is 3.98. The molecule has 1 unspecified atom stereocenters. The van der Waals surface area contributed by atoms with Gasteiger partial charge in [0, 0.05) is 28.8 Å². The highest BCUT2D eigenvalue weighted by Crippen LogP contribution is 2.32. The lowest BCUT2D eigenvalue weighted by Gasteiger charge is -2.09. The fourth-order valence-corrected chi connectivity index (χ4v) is 3.46. The largest absolute Gasteiger partial charge is 0.308 e. The molecule has 0 aliphatic heterocycles. The minimum absolute atomic E-state index is 0.393. The van der Waals surface area contributed by atoms with E-state index in [2.05, 4.69) is 24.4 Å². The Labute approximate surface area is 101 Å². The van der Waals surface area contributed by atoms with E-state index in [1.165, 1.54) is 30.6 Å². The predicted octanol–water partition coefficient (Wildman–Crippen LogP) is 3.19. The fourth-order valence-electron chi connectivity index (χ4n) is 2.17. The van der Waals surface area contributed by atoms with Gasteiger partial charge in [-0.05, 0) is 44.2 Å². The average Bonchev–Trinajstić information content (AvgIpc) is 2.73. The Morgan fingerprint density at radius 3 is 3.06 bits per heavy atom. The first kappa shape index (κ1) is 11.6. The monoisotopic (exact) mass is 234 g/mol. The van der Waals surface area contributed by atoms with Crippen LogP contribution in [-0.4, -0.2) is 6.54 Å². The van der Waals surface area contributed by atoms with E-state index in [-0.39, 0.29) is 0 Å². The average molecular weight is 234 g/mol. The molecule has 0 amide bonds. The second-order valence-electron chi connectivity index (χ2n) is 4.39. The molecule has 1 atom stereocenters. The molecular weight excluding hydrogens is 216 g/mol. The van der Waals surface area contributed by atoms with Gasteiger partial charge in [0.1, 0.15) is 0 Å². The highest BCUT2D eigenvalue weighted by Gasteiger charge is 2.15. The molecule has 0 bridgehead atoms. The molecule has 0 saturated heterocycles. The van der Waals surface area contributed by atoms with Crippen molar-refractivity contribution < 1.29 is 0 Å². The Balaban J connectivity index is 1.98. The maximum atomic E-state index is 8.49. The number of hydrogen-bond acceptors (Lipinski definition) is 3. The van der Waals surface area contributed by atoms with Crippen molar-refractivity contribution in [2.45, 2.75) is 45.1 Å². The molecule has 0 aromatic carbocycles. The molecule has 1 aromatic heterocycles. The standard InChI is InChI=1S/C13H18N2S/c1-10(15-8-4-7-14)13-9-11-5-2-3-6-12(11)16-13/h9-10,15H,2-6,8H2,1H3. The second-order valence-corrected chi connectivity index (χ2v) is 5.56.